The molecular formula is C24H22F3N3OS. The maximum absolute atomic E-state index is 13.8. The molecule has 0 aliphatic carbocycles. The number of nitrogens with zero attached hydrogens (tertiary/aromatic N) is 1. The van der Waals surface area contributed by atoms with Gasteiger partial charge in [-0.3, -0.25) is 4.79 Å². The second kappa shape index (κ2) is 9.16. The van der Waals surface area contributed by atoms with E-state index in [-0.39, 0.29) is 17.7 Å². The number of hydrogen-bond donors (Lipinski definition) is 2. The summed E-state index contributed by atoms with van der Waals surface area (Å²) in [5, 5.41) is 3.20. The molecule has 1 aliphatic rings. The van der Waals surface area contributed by atoms with Crippen LogP contribution in [0.5, 0.6) is 0 Å². The molecule has 0 spiro atoms. The number of anilines is 2. The lowest BCUT2D eigenvalue weighted by Crippen LogP contribution is -2.37. The Hall–Kier alpha value is -3.13. The maximum atomic E-state index is 13.8. The van der Waals surface area contributed by atoms with E-state index in [1.54, 1.807) is 23.2 Å². The summed E-state index contributed by atoms with van der Waals surface area (Å²) < 4.78 is 41.3. The average Bonchev–Trinajstić information content (AvgIpc) is 2.80. The van der Waals surface area contributed by atoms with Gasteiger partial charge in [0.1, 0.15) is 10.5 Å². The fourth-order valence-corrected chi connectivity index (χ4v) is 4.49. The predicted octanol–water partition coefficient (Wildman–Crippen LogP) is 5.94. The van der Waals surface area contributed by atoms with E-state index in [9.17, 15) is 18.0 Å². The van der Waals surface area contributed by atoms with Gasteiger partial charge in [0.25, 0.3) is 0 Å². The van der Waals surface area contributed by atoms with Crippen LogP contribution in [0.3, 0.4) is 0 Å². The van der Waals surface area contributed by atoms with Crippen molar-refractivity contribution in [2.75, 3.05) is 18.4 Å². The number of benzene rings is 2. The fraction of sp³-hybridized carbons (Fsp3) is 0.250. The number of carbonyl (C=O) groups excluding carboxylic acids is 1. The van der Waals surface area contributed by atoms with Crippen LogP contribution in [-0.4, -0.2) is 29.4 Å². The van der Waals surface area contributed by atoms with Crippen molar-refractivity contribution in [3.05, 3.63) is 87.4 Å². The molecule has 1 fully saturated rings. The highest BCUT2D eigenvalue weighted by molar-refractivity contribution is 7.71. The Labute approximate surface area is 189 Å². The Kier molecular flexibility index (Phi) is 6.32. The molecule has 166 valence electrons. The van der Waals surface area contributed by atoms with Crippen molar-refractivity contribution in [1.82, 2.24) is 9.88 Å². The molecule has 2 unspecified atom stereocenters. The van der Waals surface area contributed by atoms with Crippen molar-refractivity contribution in [3.8, 4) is 0 Å². The number of rotatable bonds is 5. The zero-order chi connectivity index (χ0) is 22.8. The minimum Gasteiger partial charge on any atom is -0.355 e. The minimum atomic E-state index is -0.954. The first-order chi connectivity index (χ1) is 15.4. The molecule has 1 aromatic heterocycles. The highest BCUT2D eigenvalue weighted by atomic mass is 32.1. The van der Waals surface area contributed by atoms with E-state index < -0.39 is 11.6 Å². The van der Waals surface area contributed by atoms with E-state index in [4.69, 9.17) is 12.2 Å². The molecule has 2 N–H and O–H groups in total. The molecule has 0 bridgehead atoms. The molecule has 1 amide bonds. The van der Waals surface area contributed by atoms with Gasteiger partial charge in [0, 0.05) is 48.2 Å². The fourth-order valence-electron chi connectivity index (χ4n) is 4.33. The van der Waals surface area contributed by atoms with E-state index in [2.05, 4.69) is 10.3 Å². The third kappa shape index (κ3) is 4.41. The highest BCUT2D eigenvalue weighted by Gasteiger charge is 2.33. The van der Waals surface area contributed by atoms with Crippen LogP contribution < -0.4 is 5.32 Å². The SMILES string of the molecule is Cc1c(Nc2ccc(F)c(F)c2)c(C2CN(C=O)CCC2c2ccc(F)cc2)c[nH]c1=S. The van der Waals surface area contributed by atoms with E-state index in [0.717, 1.165) is 35.2 Å². The number of halogens is 3. The van der Waals surface area contributed by atoms with Gasteiger partial charge in [-0.05, 0) is 54.7 Å². The van der Waals surface area contributed by atoms with Gasteiger partial charge >= 0.3 is 0 Å². The molecule has 0 saturated carbocycles. The molecule has 2 aromatic carbocycles. The smallest absolute Gasteiger partial charge is 0.209 e. The summed E-state index contributed by atoms with van der Waals surface area (Å²) in [4.78, 5) is 16.4. The number of piperidine rings is 1. The van der Waals surface area contributed by atoms with Crippen molar-refractivity contribution in [2.24, 2.45) is 0 Å². The van der Waals surface area contributed by atoms with Crippen LogP contribution >= 0.6 is 12.2 Å². The van der Waals surface area contributed by atoms with E-state index >= 15 is 0 Å². The number of H-pyrrole nitrogens is 1. The summed E-state index contributed by atoms with van der Waals surface area (Å²) in [5.41, 5.74) is 3.66. The number of hydrogen-bond acceptors (Lipinski definition) is 3. The number of aromatic nitrogens is 1. The van der Waals surface area contributed by atoms with Gasteiger partial charge < -0.3 is 15.2 Å². The summed E-state index contributed by atoms with van der Waals surface area (Å²) in [6, 6.07) is 10.0. The lowest BCUT2D eigenvalue weighted by molar-refractivity contribution is -0.119. The van der Waals surface area contributed by atoms with Crippen LogP contribution in [0.4, 0.5) is 24.5 Å². The Morgan fingerprint density at radius 3 is 2.53 bits per heavy atom. The van der Waals surface area contributed by atoms with Gasteiger partial charge in [-0.2, -0.15) is 0 Å². The van der Waals surface area contributed by atoms with Crippen molar-refractivity contribution in [1.29, 1.82) is 0 Å². The topological polar surface area (TPSA) is 48.1 Å². The Balaban J connectivity index is 1.80. The molecule has 0 radical (unpaired) electrons. The van der Waals surface area contributed by atoms with Gasteiger partial charge in [-0.1, -0.05) is 24.4 Å². The van der Waals surface area contributed by atoms with Gasteiger partial charge in [-0.25, -0.2) is 13.2 Å². The number of nitrogens with one attached hydrogen (secondary N) is 2. The second-order valence-corrected chi connectivity index (χ2v) is 8.39. The Morgan fingerprint density at radius 2 is 1.84 bits per heavy atom. The van der Waals surface area contributed by atoms with E-state index in [1.165, 1.54) is 18.2 Å². The van der Waals surface area contributed by atoms with Crippen LogP contribution in [0, 0.1) is 29.0 Å². The summed E-state index contributed by atoms with van der Waals surface area (Å²) in [6.07, 6.45) is 3.33. The molecule has 32 heavy (non-hydrogen) atoms. The summed E-state index contributed by atoms with van der Waals surface area (Å²) in [6.45, 7) is 2.90. The first-order valence-corrected chi connectivity index (χ1v) is 10.7. The zero-order valence-corrected chi connectivity index (χ0v) is 18.2. The quantitative estimate of drug-likeness (QED) is 0.368. The van der Waals surface area contributed by atoms with Crippen LogP contribution in [0.15, 0.2) is 48.7 Å². The molecule has 8 heteroatoms. The molecule has 1 aliphatic heterocycles. The third-order valence-electron chi connectivity index (χ3n) is 6.04. The Morgan fingerprint density at radius 1 is 1.09 bits per heavy atom. The largest absolute Gasteiger partial charge is 0.355 e. The van der Waals surface area contributed by atoms with Gasteiger partial charge in [-0.15, -0.1) is 0 Å². The summed E-state index contributed by atoms with van der Waals surface area (Å²) in [5.74, 6) is -2.29. The normalized spacial score (nSPS) is 18.4. The molecule has 1 saturated heterocycles. The summed E-state index contributed by atoms with van der Waals surface area (Å²) >= 11 is 5.41. The molecule has 4 rings (SSSR count). The van der Waals surface area contributed by atoms with Crippen molar-refractivity contribution in [2.45, 2.75) is 25.2 Å². The number of likely N-dealkylation sites (tertiary alicyclic amines) is 1. The third-order valence-corrected chi connectivity index (χ3v) is 6.47. The highest BCUT2D eigenvalue weighted by Crippen LogP contribution is 2.43. The van der Waals surface area contributed by atoms with Crippen LogP contribution in [0.2, 0.25) is 0 Å². The number of carbonyl (C=O) groups is 1. The first-order valence-electron chi connectivity index (χ1n) is 10.3. The molecule has 3 aromatic rings. The second-order valence-electron chi connectivity index (χ2n) is 7.98. The summed E-state index contributed by atoms with van der Waals surface area (Å²) in [7, 11) is 0. The average molecular weight is 458 g/mol. The molecule has 2 heterocycles. The van der Waals surface area contributed by atoms with Crippen molar-refractivity contribution in [3.63, 3.8) is 0 Å². The lowest BCUT2D eigenvalue weighted by Gasteiger charge is -2.38. The lowest BCUT2D eigenvalue weighted by atomic mass is 9.76. The van der Waals surface area contributed by atoms with Gasteiger partial charge in [0.05, 0.1) is 0 Å². The molecule has 2 atom stereocenters. The standard InChI is InChI=1S/C24H22F3N3OS/c1-14-23(29-17-6-7-21(26)22(27)10-17)19(11-28-24(14)32)20-12-30(13-31)9-8-18(20)15-2-4-16(25)5-3-15/h2-7,10-11,13,18,20H,8-9,12H2,1H3,(H2,28,29,32). The number of amides is 1. The van der Waals surface area contributed by atoms with Crippen LogP contribution in [0.1, 0.15) is 34.9 Å². The van der Waals surface area contributed by atoms with Crippen LogP contribution in [0.25, 0.3) is 0 Å². The Bertz CT molecular complexity index is 1200. The van der Waals surface area contributed by atoms with E-state index in [1.807, 2.05) is 6.92 Å². The number of pyridine rings is 1. The maximum Gasteiger partial charge on any atom is 0.209 e. The van der Waals surface area contributed by atoms with Gasteiger partial charge in [0.15, 0.2) is 11.6 Å². The monoisotopic (exact) mass is 457 g/mol. The van der Waals surface area contributed by atoms with E-state index in [0.29, 0.717) is 35.5 Å². The van der Waals surface area contributed by atoms with Gasteiger partial charge in [0.2, 0.25) is 6.41 Å². The molecule has 4 nitrogen and oxygen atoms in total. The molecular weight excluding hydrogens is 435 g/mol. The van der Waals surface area contributed by atoms with Crippen LogP contribution in [-0.2, 0) is 4.79 Å². The minimum absolute atomic E-state index is 0.0288. The van der Waals surface area contributed by atoms with Crippen molar-refractivity contribution >= 4 is 30.0 Å². The number of aromatic amines is 1. The van der Waals surface area contributed by atoms with Crippen molar-refractivity contribution < 1.29 is 18.0 Å². The predicted molar refractivity (Wildman–Crippen MR) is 120 cm³/mol. The zero-order valence-electron chi connectivity index (χ0n) is 17.4. The first kappa shape index (κ1) is 22.1.